The van der Waals surface area contributed by atoms with Crippen molar-refractivity contribution in [2.24, 2.45) is 0 Å². The van der Waals surface area contributed by atoms with Gasteiger partial charge < -0.3 is 14.0 Å². The predicted molar refractivity (Wildman–Crippen MR) is 206 cm³/mol. The molecule has 0 spiro atoms. The predicted octanol–water partition coefficient (Wildman–Crippen LogP) is 8.01. The number of aromatic nitrogens is 6. The van der Waals surface area contributed by atoms with Gasteiger partial charge in [0.2, 0.25) is 0 Å². The normalized spacial score (nSPS) is 11.3. The molecule has 2 aromatic heterocycles. The molecule has 0 saturated heterocycles. The fourth-order valence-electron chi connectivity index (χ4n) is 7.13. The number of unbranched alkanes of at least 4 members (excludes halogenated alkanes) is 1. The second-order valence-corrected chi connectivity index (χ2v) is 12.9. The monoisotopic (exact) mass is 716 g/mol. The molecule has 0 atom stereocenters. The van der Waals surface area contributed by atoms with Gasteiger partial charge in [-0.3, -0.25) is 0 Å². The Bertz CT molecular complexity index is 2260. The van der Waals surface area contributed by atoms with E-state index in [1.54, 1.807) is 4.57 Å². The Morgan fingerprint density at radius 3 is 1.74 bits per heavy atom. The van der Waals surface area contributed by atoms with Crippen LogP contribution in [0.3, 0.4) is 0 Å². The number of esters is 2. The highest BCUT2D eigenvalue weighted by atomic mass is 16.5. The van der Waals surface area contributed by atoms with Crippen LogP contribution in [0.25, 0.3) is 22.5 Å². The van der Waals surface area contributed by atoms with Gasteiger partial charge in [0, 0.05) is 18.5 Å². The number of nitrogens with zero attached hydrogens (tertiary/aromatic N) is 6. The second-order valence-electron chi connectivity index (χ2n) is 12.9. The molecule has 0 aliphatic carbocycles. The molecule has 5 aromatic carbocycles. The van der Waals surface area contributed by atoms with Gasteiger partial charge >= 0.3 is 11.9 Å². The zero-order valence-corrected chi connectivity index (χ0v) is 30.4. The van der Waals surface area contributed by atoms with Crippen LogP contribution < -0.4 is 0 Å². The molecular formula is C44H40N6O4. The molecule has 0 aliphatic rings. The van der Waals surface area contributed by atoms with Crippen LogP contribution in [0.2, 0.25) is 0 Å². The number of tetrazole rings is 1. The third-order valence-electron chi connectivity index (χ3n) is 9.69. The van der Waals surface area contributed by atoms with Crippen molar-refractivity contribution < 1.29 is 19.1 Å². The summed E-state index contributed by atoms with van der Waals surface area (Å²) in [6.45, 7) is 2.39. The van der Waals surface area contributed by atoms with E-state index in [2.05, 4.69) is 59.6 Å². The Balaban J connectivity index is 1.33. The van der Waals surface area contributed by atoms with Crippen LogP contribution in [0.5, 0.6) is 0 Å². The number of imidazole rings is 1. The summed E-state index contributed by atoms with van der Waals surface area (Å²) < 4.78 is 13.8. The molecule has 2 heterocycles. The molecule has 7 rings (SSSR count). The number of carbonyl (C=O) groups is 2. The maximum absolute atomic E-state index is 13.0. The smallest absolute Gasteiger partial charge is 0.359 e. The molecule has 0 unspecified atom stereocenters. The first kappa shape index (κ1) is 35.7. The number of hydrogen-bond acceptors (Lipinski definition) is 8. The van der Waals surface area contributed by atoms with E-state index in [-0.39, 0.29) is 11.4 Å². The molecule has 0 radical (unpaired) electrons. The summed E-state index contributed by atoms with van der Waals surface area (Å²) in [6.07, 6.45) is 2.36. The number of ether oxygens (including phenoxy) is 2. The van der Waals surface area contributed by atoms with Crippen molar-refractivity contribution in [3.63, 3.8) is 0 Å². The average molecular weight is 717 g/mol. The summed E-state index contributed by atoms with van der Waals surface area (Å²) in [7, 11) is 2.56. The number of rotatable bonds is 13. The number of carbonyl (C=O) groups excluding carboxylic acids is 2. The van der Waals surface area contributed by atoms with Gasteiger partial charge in [0.15, 0.2) is 17.2 Å². The van der Waals surface area contributed by atoms with Crippen molar-refractivity contribution in [2.75, 3.05) is 14.2 Å². The molecule has 10 nitrogen and oxygen atoms in total. The van der Waals surface area contributed by atoms with E-state index in [9.17, 15) is 9.59 Å². The first-order chi connectivity index (χ1) is 26.5. The van der Waals surface area contributed by atoms with E-state index in [4.69, 9.17) is 19.8 Å². The van der Waals surface area contributed by atoms with Crippen LogP contribution in [0.4, 0.5) is 0 Å². The SMILES string of the molecule is CCCCc1nc(C(=O)OC)c(C(=O)OC)n1Cc1ccc(-c2ccccc2-c2nnnn2C(c2ccccc2)(c2ccccc2)c2ccccc2)cc1. The minimum atomic E-state index is -0.903. The van der Waals surface area contributed by atoms with Gasteiger partial charge in [-0.1, -0.05) is 153 Å². The highest BCUT2D eigenvalue weighted by Gasteiger charge is 2.42. The lowest BCUT2D eigenvalue weighted by molar-refractivity contribution is 0.0544. The molecule has 0 aliphatic heterocycles. The second kappa shape index (κ2) is 15.9. The van der Waals surface area contributed by atoms with Gasteiger partial charge in [-0.2, -0.15) is 0 Å². The Labute approximate surface area is 314 Å². The molecular weight excluding hydrogens is 677 g/mol. The van der Waals surface area contributed by atoms with Gasteiger partial charge in [-0.15, -0.1) is 5.10 Å². The van der Waals surface area contributed by atoms with E-state index in [0.717, 1.165) is 51.8 Å². The maximum atomic E-state index is 13.0. The van der Waals surface area contributed by atoms with Crippen molar-refractivity contribution in [2.45, 2.75) is 38.3 Å². The summed E-state index contributed by atoms with van der Waals surface area (Å²) in [4.78, 5) is 30.2. The standard InChI is InChI=1S/C44H40N6O4/c1-4-5-25-38-45-39(42(51)53-2)40(43(52)54-3)49(38)30-31-26-28-32(29-27-31)36-23-15-16-24-37(36)41-46-47-48-50(41)44(33-17-9-6-10-18-33,34-19-11-7-12-20-34)35-21-13-8-14-22-35/h6-24,26-29H,4-5,25,30H2,1-3H3. The summed E-state index contributed by atoms with van der Waals surface area (Å²) in [6, 6.07) is 47.2. The Morgan fingerprint density at radius 2 is 1.20 bits per heavy atom. The van der Waals surface area contributed by atoms with Crippen molar-refractivity contribution in [3.05, 3.63) is 179 Å². The molecule has 54 heavy (non-hydrogen) atoms. The maximum Gasteiger partial charge on any atom is 0.359 e. The van der Waals surface area contributed by atoms with Gasteiger partial charge in [0.1, 0.15) is 11.4 Å². The molecule has 0 amide bonds. The number of methoxy groups -OCH3 is 2. The third kappa shape index (κ3) is 6.58. The van der Waals surface area contributed by atoms with Crippen molar-refractivity contribution in [1.29, 1.82) is 0 Å². The Kier molecular flexibility index (Phi) is 10.5. The van der Waals surface area contributed by atoms with E-state index >= 15 is 0 Å². The van der Waals surface area contributed by atoms with Crippen LogP contribution in [-0.2, 0) is 28.0 Å². The highest BCUT2D eigenvalue weighted by molar-refractivity contribution is 6.00. The van der Waals surface area contributed by atoms with E-state index in [1.807, 2.05) is 102 Å². The van der Waals surface area contributed by atoms with Crippen LogP contribution >= 0.6 is 0 Å². The Hall–Kier alpha value is -6.68. The average Bonchev–Trinajstić information content (AvgIpc) is 3.87. The van der Waals surface area contributed by atoms with Gasteiger partial charge in [0.25, 0.3) is 0 Å². The highest BCUT2D eigenvalue weighted by Crippen LogP contribution is 2.43. The van der Waals surface area contributed by atoms with Gasteiger partial charge in [0.05, 0.1) is 14.2 Å². The number of benzene rings is 5. The minimum Gasteiger partial charge on any atom is -0.464 e. The lowest BCUT2D eigenvalue weighted by atomic mass is 9.77. The van der Waals surface area contributed by atoms with Crippen molar-refractivity contribution in [3.8, 4) is 22.5 Å². The third-order valence-corrected chi connectivity index (χ3v) is 9.69. The zero-order valence-electron chi connectivity index (χ0n) is 30.4. The van der Waals surface area contributed by atoms with Crippen LogP contribution in [-0.4, -0.2) is 55.9 Å². The van der Waals surface area contributed by atoms with E-state index < -0.39 is 17.5 Å². The molecule has 0 saturated carbocycles. The lowest BCUT2D eigenvalue weighted by Crippen LogP contribution is -2.39. The fraction of sp³-hybridized carbons (Fsp3) is 0.182. The molecule has 0 bridgehead atoms. The molecule has 7 aromatic rings. The first-order valence-corrected chi connectivity index (χ1v) is 17.9. The summed E-state index contributed by atoms with van der Waals surface area (Å²) in [5.41, 5.74) is 5.83. The number of aryl methyl sites for hydroxylation is 1. The first-order valence-electron chi connectivity index (χ1n) is 17.9. The quantitative estimate of drug-likeness (QED) is 0.0872. The van der Waals surface area contributed by atoms with Crippen LogP contribution in [0.15, 0.2) is 140 Å². The molecule has 270 valence electrons. The summed E-state index contributed by atoms with van der Waals surface area (Å²) >= 11 is 0. The zero-order chi connectivity index (χ0) is 37.5. The largest absolute Gasteiger partial charge is 0.464 e. The van der Waals surface area contributed by atoms with Crippen molar-refractivity contribution in [1.82, 2.24) is 29.8 Å². The minimum absolute atomic E-state index is 0.0451. The topological polar surface area (TPSA) is 114 Å². The summed E-state index contributed by atoms with van der Waals surface area (Å²) in [5, 5.41) is 13.7. The van der Waals surface area contributed by atoms with Gasteiger partial charge in [-0.05, 0) is 50.2 Å². The fourth-order valence-corrected chi connectivity index (χ4v) is 7.13. The number of hydrogen-bond donors (Lipinski definition) is 0. The van der Waals surface area contributed by atoms with Crippen molar-refractivity contribution >= 4 is 11.9 Å². The summed E-state index contributed by atoms with van der Waals surface area (Å²) in [5.74, 6) is -0.107. The molecule has 10 heteroatoms. The van der Waals surface area contributed by atoms with E-state index in [0.29, 0.717) is 24.6 Å². The van der Waals surface area contributed by atoms with Crippen LogP contribution in [0.1, 0.15) is 68.8 Å². The van der Waals surface area contributed by atoms with E-state index in [1.165, 1.54) is 14.2 Å². The lowest BCUT2D eigenvalue weighted by Gasteiger charge is -2.36. The van der Waals surface area contributed by atoms with Crippen LogP contribution in [0, 0.1) is 0 Å². The van der Waals surface area contributed by atoms with Gasteiger partial charge in [-0.25, -0.2) is 19.3 Å². The Morgan fingerprint density at radius 1 is 0.667 bits per heavy atom. The molecule has 0 fully saturated rings. The molecule has 0 N–H and O–H groups in total.